The molecular weight excluding hydrogens is 510 g/mol. The van der Waals surface area contributed by atoms with E-state index in [-0.39, 0.29) is 18.4 Å². The zero-order valence-electron chi connectivity index (χ0n) is 23.5. The Morgan fingerprint density at radius 1 is 0.925 bits per heavy atom. The highest BCUT2D eigenvalue weighted by atomic mass is 19.1. The number of fused-ring (bicyclic) bond motifs is 2. The molecule has 5 nitrogen and oxygen atoms in total. The van der Waals surface area contributed by atoms with Crippen molar-refractivity contribution in [2.45, 2.75) is 70.6 Å². The summed E-state index contributed by atoms with van der Waals surface area (Å²) < 4.78 is 38.4. The molecule has 2 aliphatic rings. The van der Waals surface area contributed by atoms with Gasteiger partial charge >= 0.3 is 0 Å². The van der Waals surface area contributed by atoms with Crippen molar-refractivity contribution in [3.05, 3.63) is 88.5 Å². The predicted molar refractivity (Wildman–Crippen MR) is 152 cm³/mol. The van der Waals surface area contributed by atoms with Gasteiger partial charge in [-0.15, -0.1) is 0 Å². The molecule has 3 aromatic rings. The number of benzene rings is 3. The van der Waals surface area contributed by atoms with Crippen LogP contribution >= 0.6 is 0 Å². The molecule has 2 heterocycles. The Morgan fingerprint density at radius 3 is 2.35 bits per heavy atom. The maximum absolute atomic E-state index is 13.7. The van der Waals surface area contributed by atoms with E-state index in [1.54, 1.807) is 13.2 Å². The number of hydrogen-bond acceptors (Lipinski definition) is 4. The first-order valence-corrected chi connectivity index (χ1v) is 14.1. The number of rotatable bonds is 10. The summed E-state index contributed by atoms with van der Waals surface area (Å²) in [7, 11) is 1.67. The smallest absolute Gasteiger partial charge is 0.224 e. The zero-order chi connectivity index (χ0) is 28.2. The number of carbonyl (C=O) groups is 1. The minimum atomic E-state index is -0.617. The molecule has 7 heteroatoms. The number of hydrogen-bond donors (Lipinski definition) is 1. The van der Waals surface area contributed by atoms with Crippen LogP contribution in [0.2, 0.25) is 0 Å². The summed E-state index contributed by atoms with van der Waals surface area (Å²) in [6.45, 7) is 6.30. The maximum Gasteiger partial charge on any atom is 0.224 e. The molecule has 2 unspecified atom stereocenters. The Balaban J connectivity index is 1.17. The lowest BCUT2D eigenvalue weighted by Crippen LogP contribution is -2.50. The van der Waals surface area contributed by atoms with Crippen molar-refractivity contribution in [2.75, 3.05) is 20.3 Å². The van der Waals surface area contributed by atoms with Crippen LogP contribution in [0.3, 0.4) is 0 Å². The zero-order valence-corrected chi connectivity index (χ0v) is 23.5. The van der Waals surface area contributed by atoms with Gasteiger partial charge in [0.05, 0.1) is 13.0 Å². The molecular formula is C33H38F2N2O3. The molecule has 2 bridgehead atoms. The lowest BCUT2D eigenvalue weighted by atomic mass is 9.94. The Kier molecular flexibility index (Phi) is 8.81. The quantitative estimate of drug-likeness (QED) is 0.310. The van der Waals surface area contributed by atoms with E-state index in [1.165, 1.54) is 28.8 Å². The van der Waals surface area contributed by atoms with Gasteiger partial charge in [0.15, 0.2) is 0 Å². The second kappa shape index (κ2) is 12.5. The standard InChI is InChI=1S/C33H38F2N2O3/c1-21-22(2)32(40-12-11-39-3)10-7-25(21)20-37-30-8-9-31(37)19-29(18-30)36-33(38)14-23-5-4-6-24(13-23)26-15-27(34)17-28(35)16-26/h4-7,10,13,15-17,29-31H,8-9,11-12,14,18-20H2,1-3H3,(H,36,38). The van der Waals surface area contributed by atoms with E-state index in [4.69, 9.17) is 9.47 Å². The molecule has 2 aliphatic heterocycles. The molecule has 0 aliphatic carbocycles. The fraction of sp³-hybridized carbons (Fsp3) is 0.424. The number of methoxy groups -OCH3 is 1. The van der Waals surface area contributed by atoms with Gasteiger partial charge in [-0.1, -0.05) is 30.3 Å². The topological polar surface area (TPSA) is 50.8 Å². The van der Waals surface area contributed by atoms with Crippen molar-refractivity contribution in [3.63, 3.8) is 0 Å². The predicted octanol–water partition coefficient (Wildman–Crippen LogP) is 6.13. The molecule has 0 radical (unpaired) electrons. The molecule has 2 atom stereocenters. The molecule has 40 heavy (non-hydrogen) atoms. The van der Waals surface area contributed by atoms with E-state index in [0.717, 1.165) is 49.6 Å². The van der Waals surface area contributed by atoms with Crippen molar-refractivity contribution < 1.29 is 23.0 Å². The summed E-state index contributed by atoms with van der Waals surface area (Å²) in [5, 5.41) is 3.27. The lowest BCUT2D eigenvalue weighted by molar-refractivity contribution is -0.121. The highest BCUT2D eigenvalue weighted by Gasteiger charge is 2.41. The van der Waals surface area contributed by atoms with Crippen LogP contribution in [0.25, 0.3) is 11.1 Å². The van der Waals surface area contributed by atoms with Crippen LogP contribution in [0.15, 0.2) is 54.6 Å². The van der Waals surface area contributed by atoms with Crippen LogP contribution in [0.1, 0.15) is 47.9 Å². The number of amides is 1. The fourth-order valence-electron chi connectivity index (χ4n) is 6.31. The van der Waals surface area contributed by atoms with Crippen molar-refractivity contribution >= 4 is 5.91 Å². The van der Waals surface area contributed by atoms with Gasteiger partial charge in [0.2, 0.25) is 5.91 Å². The highest BCUT2D eigenvalue weighted by Crippen LogP contribution is 2.38. The van der Waals surface area contributed by atoms with Crippen LogP contribution in [-0.4, -0.2) is 49.3 Å². The van der Waals surface area contributed by atoms with E-state index < -0.39 is 11.6 Å². The summed E-state index contributed by atoms with van der Waals surface area (Å²) >= 11 is 0. The summed E-state index contributed by atoms with van der Waals surface area (Å²) in [6.07, 6.45) is 4.43. The van der Waals surface area contributed by atoms with E-state index in [1.807, 2.05) is 18.2 Å². The molecule has 1 N–H and O–H groups in total. The molecule has 5 rings (SSSR count). The van der Waals surface area contributed by atoms with Crippen LogP contribution in [0.5, 0.6) is 5.75 Å². The average molecular weight is 549 g/mol. The number of halogens is 2. The summed E-state index contributed by atoms with van der Waals surface area (Å²) in [6, 6.07) is 16.1. The Labute approximate surface area is 235 Å². The fourth-order valence-corrected chi connectivity index (χ4v) is 6.31. The number of nitrogens with zero attached hydrogens (tertiary/aromatic N) is 1. The van der Waals surface area contributed by atoms with Crippen molar-refractivity contribution in [2.24, 2.45) is 0 Å². The first-order valence-electron chi connectivity index (χ1n) is 14.1. The SMILES string of the molecule is COCCOc1ccc(CN2C3CCC2CC(NC(=O)Cc2cccc(-c4cc(F)cc(F)c4)c2)C3)c(C)c1C. The first kappa shape index (κ1) is 28.2. The molecule has 2 fully saturated rings. The Hall–Kier alpha value is -3.29. The second-order valence-electron chi connectivity index (χ2n) is 11.1. The summed E-state index contributed by atoms with van der Waals surface area (Å²) in [5.41, 5.74) is 5.75. The summed E-state index contributed by atoms with van der Waals surface area (Å²) in [4.78, 5) is 15.6. The number of piperidine rings is 1. The van der Waals surface area contributed by atoms with Crippen molar-refractivity contribution in [3.8, 4) is 16.9 Å². The molecule has 0 aromatic heterocycles. The normalized spacial score (nSPS) is 20.5. The molecule has 0 saturated carbocycles. The van der Waals surface area contributed by atoms with Crippen molar-refractivity contribution in [1.82, 2.24) is 10.2 Å². The minimum absolute atomic E-state index is 0.0176. The number of carbonyl (C=O) groups excluding carboxylic acids is 1. The lowest BCUT2D eigenvalue weighted by Gasteiger charge is -2.39. The monoisotopic (exact) mass is 548 g/mol. The molecule has 2 saturated heterocycles. The second-order valence-corrected chi connectivity index (χ2v) is 11.1. The average Bonchev–Trinajstić information content (AvgIpc) is 3.14. The maximum atomic E-state index is 13.7. The third-order valence-corrected chi connectivity index (χ3v) is 8.48. The van der Waals surface area contributed by atoms with E-state index in [9.17, 15) is 13.6 Å². The van der Waals surface area contributed by atoms with Gasteiger partial charge in [-0.3, -0.25) is 9.69 Å². The molecule has 3 aromatic carbocycles. The molecule has 0 spiro atoms. The third kappa shape index (κ3) is 6.53. The van der Waals surface area contributed by atoms with Gasteiger partial charge in [-0.2, -0.15) is 0 Å². The highest BCUT2D eigenvalue weighted by molar-refractivity contribution is 5.79. The number of nitrogens with one attached hydrogen (secondary N) is 1. The van der Waals surface area contributed by atoms with Gasteiger partial charge in [0.25, 0.3) is 0 Å². The van der Waals surface area contributed by atoms with E-state index in [2.05, 4.69) is 36.2 Å². The minimum Gasteiger partial charge on any atom is -0.491 e. The van der Waals surface area contributed by atoms with Crippen molar-refractivity contribution in [1.29, 1.82) is 0 Å². The largest absolute Gasteiger partial charge is 0.491 e. The van der Waals surface area contributed by atoms with E-state index in [0.29, 0.717) is 36.4 Å². The van der Waals surface area contributed by atoms with Crippen LogP contribution in [0.4, 0.5) is 8.78 Å². The third-order valence-electron chi connectivity index (χ3n) is 8.48. The number of ether oxygens (including phenoxy) is 2. The van der Waals surface area contributed by atoms with Crippen LogP contribution in [-0.2, 0) is 22.5 Å². The van der Waals surface area contributed by atoms with Crippen LogP contribution in [0, 0.1) is 25.5 Å². The summed E-state index contributed by atoms with van der Waals surface area (Å²) in [5.74, 6) is -0.339. The van der Waals surface area contributed by atoms with Gasteiger partial charge in [-0.25, -0.2) is 8.78 Å². The van der Waals surface area contributed by atoms with Gasteiger partial charge < -0.3 is 14.8 Å². The van der Waals surface area contributed by atoms with E-state index >= 15 is 0 Å². The van der Waals surface area contributed by atoms with Gasteiger partial charge in [0.1, 0.15) is 24.0 Å². The Bertz CT molecular complexity index is 1330. The Morgan fingerprint density at radius 2 is 1.65 bits per heavy atom. The van der Waals surface area contributed by atoms with Crippen LogP contribution < -0.4 is 10.1 Å². The molecule has 1 amide bonds. The van der Waals surface area contributed by atoms with Gasteiger partial charge in [-0.05, 0) is 91.1 Å². The first-order chi connectivity index (χ1) is 19.3. The molecule has 212 valence electrons. The van der Waals surface area contributed by atoms with Gasteiger partial charge in [0, 0.05) is 37.8 Å².